The Bertz CT molecular complexity index is 843. The van der Waals surface area contributed by atoms with Crippen molar-refractivity contribution in [2.75, 3.05) is 0 Å². The number of fused-ring (bicyclic) bond motifs is 1. The van der Waals surface area contributed by atoms with E-state index in [0.29, 0.717) is 13.0 Å². The smallest absolute Gasteiger partial charge is 0.217 e. The van der Waals surface area contributed by atoms with Crippen molar-refractivity contribution in [3.05, 3.63) is 77.9 Å². The van der Waals surface area contributed by atoms with Crippen molar-refractivity contribution in [1.82, 2.24) is 0 Å². The minimum atomic E-state index is -0.237. The van der Waals surface area contributed by atoms with Crippen molar-refractivity contribution in [3.63, 3.8) is 0 Å². The predicted molar refractivity (Wildman–Crippen MR) is 101 cm³/mol. The zero-order chi connectivity index (χ0) is 17.5. The van der Waals surface area contributed by atoms with E-state index in [1.54, 1.807) is 0 Å². The fraction of sp³-hybridized carbons (Fsp3) is 0.227. The second kappa shape index (κ2) is 8.34. The Morgan fingerprint density at radius 3 is 2.44 bits per heavy atom. The van der Waals surface area contributed by atoms with Gasteiger partial charge in [0.25, 0.3) is 0 Å². The van der Waals surface area contributed by atoms with E-state index in [4.69, 9.17) is 10.5 Å². The van der Waals surface area contributed by atoms with Crippen LogP contribution in [0.1, 0.15) is 30.4 Å². The minimum absolute atomic E-state index is 0.237. The lowest BCUT2D eigenvalue weighted by atomic mass is 10.0. The quantitative estimate of drug-likeness (QED) is 0.612. The number of amides is 1. The number of aryl methyl sites for hydroxylation is 1. The van der Waals surface area contributed by atoms with Crippen LogP contribution >= 0.6 is 0 Å². The third kappa shape index (κ3) is 4.60. The highest BCUT2D eigenvalue weighted by molar-refractivity contribution is 5.89. The van der Waals surface area contributed by atoms with Crippen molar-refractivity contribution in [2.45, 2.75) is 32.3 Å². The predicted octanol–water partition coefficient (Wildman–Crippen LogP) is 4.62. The Hall–Kier alpha value is -2.81. The van der Waals surface area contributed by atoms with Gasteiger partial charge in [-0.25, -0.2) is 0 Å². The molecule has 0 heterocycles. The molecule has 0 aliphatic carbocycles. The van der Waals surface area contributed by atoms with Crippen LogP contribution in [0.4, 0.5) is 0 Å². The van der Waals surface area contributed by atoms with E-state index in [0.717, 1.165) is 36.0 Å². The van der Waals surface area contributed by atoms with Gasteiger partial charge in [-0.1, -0.05) is 66.7 Å². The van der Waals surface area contributed by atoms with Gasteiger partial charge in [-0.05, 0) is 35.8 Å². The summed E-state index contributed by atoms with van der Waals surface area (Å²) in [5.74, 6) is 0.708. The Balaban J connectivity index is 1.81. The zero-order valence-electron chi connectivity index (χ0n) is 14.3. The first-order chi connectivity index (χ1) is 12.2. The maximum atomic E-state index is 10.9. The van der Waals surface area contributed by atoms with Gasteiger partial charge >= 0.3 is 0 Å². The summed E-state index contributed by atoms with van der Waals surface area (Å²) in [7, 11) is 0. The average molecular weight is 333 g/mol. The average Bonchev–Trinajstić information content (AvgIpc) is 2.64. The second-order valence-electron chi connectivity index (χ2n) is 6.22. The van der Waals surface area contributed by atoms with E-state index in [1.165, 1.54) is 10.9 Å². The van der Waals surface area contributed by atoms with Crippen LogP contribution in [0, 0.1) is 0 Å². The Morgan fingerprint density at radius 2 is 1.64 bits per heavy atom. The summed E-state index contributed by atoms with van der Waals surface area (Å²) in [6.07, 6.45) is 3.04. The molecule has 0 aromatic heterocycles. The summed E-state index contributed by atoms with van der Waals surface area (Å²) in [4.78, 5) is 10.9. The highest BCUT2D eigenvalue weighted by atomic mass is 16.5. The first kappa shape index (κ1) is 17.0. The number of hydrogen-bond donors (Lipinski definition) is 1. The van der Waals surface area contributed by atoms with E-state index in [2.05, 4.69) is 36.4 Å². The molecule has 0 saturated carbocycles. The van der Waals surface area contributed by atoms with Gasteiger partial charge in [-0.2, -0.15) is 0 Å². The van der Waals surface area contributed by atoms with Gasteiger partial charge in [0.2, 0.25) is 5.91 Å². The molecule has 0 radical (unpaired) electrons. The van der Waals surface area contributed by atoms with Crippen LogP contribution in [0.15, 0.2) is 66.7 Å². The largest absolute Gasteiger partial charge is 0.488 e. The first-order valence-corrected chi connectivity index (χ1v) is 8.69. The van der Waals surface area contributed by atoms with Gasteiger partial charge in [-0.3, -0.25) is 4.79 Å². The highest BCUT2D eigenvalue weighted by Crippen LogP contribution is 2.31. The van der Waals surface area contributed by atoms with Crippen molar-refractivity contribution >= 4 is 16.7 Å². The molecule has 0 bridgehead atoms. The SMILES string of the molecule is NC(=O)CCCCc1ccc2ccccc2c1OCc1ccccc1. The van der Waals surface area contributed by atoms with Crippen molar-refractivity contribution < 1.29 is 9.53 Å². The van der Waals surface area contributed by atoms with Gasteiger partial charge in [0.15, 0.2) is 0 Å². The second-order valence-corrected chi connectivity index (χ2v) is 6.22. The van der Waals surface area contributed by atoms with E-state index in [9.17, 15) is 4.79 Å². The molecule has 3 heteroatoms. The standard InChI is InChI=1S/C22H23NO2/c23-21(24)13-7-5-11-19-15-14-18-10-4-6-12-20(18)22(19)25-16-17-8-2-1-3-9-17/h1-4,6,8-10,12,14-15H,5,7,11,13,16H2,(H2,23,24). The summed E-state index contributed by atoms with van der Waals surface area (Å²) < 4.78 is 6.22. The van der Waals surface area contributed by atoms with Crippen molar-refractivity contribution in [2.24, 2.45) is 5.73 Å². The van der Waals surface area contributed by atoms with Gasteiger partial charge in [0, 0.05) is 11.8 Å². The highest BCUT2D eigenvalue weighted by Gasteiger charge is 2.09. The van der Waals surface area contributed by atoms with Crippen molar-refractivity contribution in [3.8, 4) is 5.75 Å². The number of carbonyl (C=O) groups excluding carboxylic acids is 1. The van der Waals surface area contributed by atoms with Crippen LogP contribution < -0.4 is 10.5 Å². The maximum absolute atomic E-state index is 10.9. The molecule has 0 saturated heterocycles. The molecule has 2 N–H and O–H groups in total. The third-order valence-electron chi connectivity index (χ3n) is 4.31. The van der Waals surface area contributed by atoms with E-state index >= 15 is 0 Å². The summed E-state index contributed by atoms with van der Waals surface area (Å²) in [5, 5.41) is 2.30. The summed E-state index contributed by atoms with van der Waals surface area (Å²) in [6.45, 7) is 0.545. The number of unbranched alkanes of at least 4 members (excludes halogenated alkanes) is 1. The molecule has 0 aliphatic rings. The van der Waals surface area contributed by atoms with Crippen LogP contribution in [-0.4, -0.2) is 5.91 Å². The van der Waals surface area contributed by atoms with Gasteiger partial charge in [0.1, 0.15) is 12.4 Å². The number of nitrogens with two attached hydrogens (primary N) is 1. The maximum Gasteiger partial charge on any atom is 0.217 e. The lowest BCUT2D eigenvalue weighted by Crippen LogP contribution is -2.09. The molecule has 0 spiro atoms. The zero-order valence-corrected chi connectivity index (χ0v) is 14.3. The number of rotatable bonds is 8. The van der Waals surface area contributed by atoms with Crippen LogP contribution in [0.2, 0.25) is 0 Å². The Morgan fingerprint density at radius 1 is 0.880 bits per heavy atom. The molecule has 0 aliphatic heterocycles. The van der Waals surface area contributed by atoms with E-state index in [1.807, 2.05) is 30.3 Å². The van der Waals surface area contributed by atoms with Gasteiger partial charge < -0.3 is 10.5 Å². The van der Waals surface area contributed by atoms with E-state index < -0.39 is 0 Å². The van der Waals surface area contributed by atoms with Gasteiger partial charge in [-0.15, -0.1) is 0 Å². The molecule has 3 rings (SSSR count). The summed E-state index contributed by atoms with van der Waals surface area (Å²) in [6, 6.07) is 22.7. The third-order valence-corrected chi connectivity index (χ3v) is 4.31. The Kier molecular flexibility index (Phi) is 5.68. The lowest BCUT2D eigenvalue weighted by molar-refractivity contribution is -0.118. The lowest BCUT2D eigenvalue weighted by Gasteiger charge is -2.15. The monoisotopic (exact) mass is 333 g/mol. The molecule has 3 aromatic carbocycles. The van der Waals surface area contributed by atoms with Gasteiger partial charge in [0.05, 0.1) is 0 Å². The summed E-state index contributed by atoms with van der Waals surface area (Å²) >= 11 is 0. The summed E-state index contributed by atoms with van der Waals surface area (Å²) in [5.41, 5.74) is 7.55. The molecule has 0 atom stereocenters. The molecular weight excluding hydrogens is 310 g/mol. The first-order valence-electron chi connectivity index (χ1n) is 8.69. The van der Waals surface area contributed by atoms with Crippen LogP contribution in [0.3, 0.4) is 0 Å². The number of carbonyl (C=O) groups is 1. The van der Waals surface area contributed by atoms with Crippen LogP contribution in [0.25, 0.3) is 10.8 Å². The number of ether oxygens (including phenoxy) is 1. The fourth-order valence-electron chi connectivity index (χ4n) is 3.00. The number of benzene rings is 3. The molecule has 0 fully saturated rings. The van der Waals surface area contributed by atoms with E-state index in [-0.39, 0.29) is 5.91 Å². The number of primary amides is 1. The number of hydrogen-bond acceptors (Lipinski definition) is 2. The normalized spacial score (nSPS) is 10.7. The van der Waals surface area contributed by atoms with Crippen molar-refractivity contribution in [1.29, 1.82) is 0 Å². The van der Waals surface area contributed by atoms with Crippen LogP contribution in [-0.2, 0) is 17.8 Å². The fourth-order valence-corrected chi connectivity index (χ4v) is 3.00. The molecule has 25 heavy (non-hydrogen) atoms. The molecule has 3 aromatic rings. The molecular formula is C22H23NO2. The molecule has 0 unspecified atom stereocenters. The molecule has 128 valence electrons. The topological polar surface area (TPSA) is 52.3 Å². The Labute approximate surface area is 148 Å². The molecule has 1 amide bonds. The molecule has 3 nitrogen and oxygen atoms in total. The van der Waals surface area contributed by atoms with Crippen LogP contribution in [0.5, 0.6) is 5.75 Å². The minimum Gasteiger partial charge on any atom is -0.488 e.